The van der Waals surface area contributed by atoms with Gasteiger partial charge in [-0.2, -0.15) is 0 Å². The van der Waals surface area contributed by atoms with Crippen molar-refractivity contribution in [2.75, 3.05) is 33.2 Å². The Balaban J connectivity index is 1.84. The summed E-state index contributed by atoms with van der Waals surface area (Å²) in [5, 5.41) is 3.34. The van der Waals surface area contributed by atoms with E-state index in [0.29, 0.717) is 12.3 Å². The molecule has 0 spiro atoms. The molecular formula is C18H27BrN4O. The van der Waals surface area contributed by atoms with Crippen LogP contribution in [0.15, 0.2) is 33.7 Å². The molecule has 1 aromatic rings. The number of nitrogens with zero attached hydrogens (tertiary/aromatic N) is 3. The molecule has 0 radical (unpaired) electrons. The number of aliphatic imine (C=N–C) groups is 1. The normalized spacial score (nSPS) is 15.0. The van der Waals surface area contributed by atoms with E-state index in [1.165, 1.54) is 5.56 Å². The van der Waals surface area contributed by atoms with Gasteiger partial charge in [0.2, 0.25) is 5.91 Å². The van der Waals surface area contributed by atoms with E-state index in [1.807, 2.05) is 11.9 Å². The van der Waals surface area contributed by atoms with Gasteiger partial charge in [0.15, 0.2) is 5.96 Å². The van der Waals surface area contributed by atoms with Crippen molar-refractivity contribution in [2.45, 2.75) is 32.7 Å². The molecule has 0 bridgehead atoms. The van der Waals surface area contributed by atoms with Crippen molar-refractivity contribution >= 4 is 27.8 Å². The molecule has 0 unspecified atom stereocenters. The zero-order valence-corrected chi connectivity index (χ0v) is 16.2. The van der Waals surface area contributed by atoms with Crippen LogP contribution < -0.4 is 5.32 Å². The number of hydrogen-bond acceptors (Lipinski definition) is 2. The highest BCUT2D eigenvalue weighted by Crippen LogP contribution is 2.12. The molecule has 0 saturated carbocycles. The summed E-state index contributed by atoms with van der Waals surface area (Å²) in [6, 6.07) is 8.34. The van der Waals surface area contributed by atoms with Crippen molar-refractivity contribution in [3.05, 3.63) is 34.3 Å². The summed E-state index contributed by atoms with van der Waals surface area (Å²) < 4.78 is 1.09. The van der Waals surface area contributed by atoms with Crippen LogP contribution in [0, 0.1) is 0 Å². The second kappa shape index (κ2) is 9.67. The van der Waals surface area contributed by atoms with Crippen LogP contribution in [0.1, 0.15) is 31.7 Å². The van der Waals surface area contributed by atoms with Crippen molar-refractivity contribution in [1.29, 1.82) is 0 Å². The Morgan fingerprint density at radius 1 is 1.38 bits per heavy atom. The van der Waals surface area contributed by atoms with Gasteiger partial charge in [-0.3, -0.25) is 9.79 Å². The predicted molar refractivity (Wildman–Crippen MR) is 102 cm³/mol. The fourth-order valence-electron chi connectivity index (χ4n) is 2.80. The number of likely N-dealkylation sites (tertiary alicyclic amines) is 1. The summed E-state index contributed by atoms with van der Waals surface area (Å²) >= 11 is 3.46. The number of benzene rings is 1. The molecule has 0 atom stereocenters. The molecule has 1 aromatic carbocycles. The van der Waals surface area contributed by atoms with E-state index in [-0.39, 0.29) is 0 Å². The largest absolute Gasteiger partial charge is 0.357 e. The molecule has 2 rings (SSSR count). The van der Waals surface area contributed by atoms with E-state index < -0.39 is 0 Å². The molecule has 1 amide bonds. The number of carbonyl (C=O) groups excluding carboxylic acids is 1. The number of rotatable bonds is 7. The topological polar surface area (TPSA) is 47.9 Å². The van der Waals surface area contributed by atoms with Crippen LogP contribution in [0.2, 0.25) is 0 Å². The van der Waals surface area contributed by atoms with Crippen molar-refractivity contribution in [1.82, 2.24) is 15.1 Å². The molecule has 0 aliphatic carbocycles. The van der Waals surface area contributed by atoms with Crippen LogP contribution in [0.25, 0.3) is 0 Å². The van der Waals surface area contributed by atoms with Crippen LogP contribution in [-0.4, -0.2) is 54.9 Å². The number of hydrogen-bond donors (Lipinski definition) is 1. The van der Waals surface area contributed by atoms with Gasteiger partial charge in [-0.25, -0.2) is 0 Å². The SMILES string of the molecule is CCNC(=NCCCN1CCCC1=O)N(C)Cc1ccc(Br)cc1. The van der Waals surface area contributed by atoms with Gasteiger partial charge in [0.05, 0.1) is 0 Å². The number of carbonyl (C=O) groups is 1. The van der Waals surface area contributed by atoms with Crippen molar-refractivity contribution in [3.63, 3.8) is 0 Å². The highest BCUT2D eigenvalue weighted by atomic mass is 79.9. The molecule has 24 heavy (non-hydrogen) atoms. The van der Waals surface area contributed by atoms with Gasteiger partial charge in [0.1, 0.15) is 0 Å². The molecule has 1 aliphatic rings. The first-order chi connectivity index (χ1) is 11.6. The third-order valence-corrected chi connectivity index (χ3v) is 4.58. The lowest BCUT2D eigenvalue weighted by Crippen LogP contribution is -2.38. The zero-order valence-electron chi connectivity index (χ0n) is 14.6. The second-order valence-electron chi connectivity index (χ2n) is 6.06. The molecule has 1 N–H and O–H groups in total. The summed E-state index contributed by atoms with van der Waals surface area (Å²) in [5.74, 6) is 1.20. The fraction of sp³-hybridized carbons (Fsp3) is 0.556. The maximum absolute atomic E-state index is 11.6. The molecule has 6 heteroatoms. The molecular weight excluding hydrogens is 368 g/mol. The van der Waals surface area contributed by atoms with Crippen LogP contribution >= 0.6 is 15.9 Å². The summed E-state index contributed by atoms with van der Waals surface area (Å²) in [6.07, 6.45) is 2.62. The van der Waals surface area contributed by atoms with Gasteiger partial charge in [0, 0.05) is 50.7 Å². The minimum atomic E-state index is 0.290. The Morgan fingerprint density at radius 2 is 2.12 bits per heavy atom. The Kier molecular flexibility index (Phi) is 7.56. The van der Waals surface area contributed by atoms with Gasteiger partial charge in [-0.05, 0) is 37.5 Å². The highest BCUT2D eigenvalue weighted by molar-refractivity contribution is 9.10. The lowest BCUT2D eigenvalue weighted by molar-refractivity contribution is -0.127. The van der Waals surface area contributed by atoms with E-state index in [1.54, 1.807) is 0 Å². The number of halogens is 1. The maximum Gasteiger partial charge on any atom is 0.222 e. The van der Waals surface area contributed by atoms with Gasteiger partial charge >= 0.3 is 0 Å². The second-order valence-corrected chi connectivity index (χ2v) is 6.97. The molecule has 1 saturated heterocycles. The van der Waals surface area contributed by atoms with Crippen LogP contribution in [-0.2, 0) is 11.3 Å². The predicted octanol–water partition coefficient (Wildman–Crippen LogP) is 2.86. The standard InChI is InChI=1S/C18H27BrN4O/c1-3-20-18(21-11-5-13-23-12-4-6-17(23)24)22(2)14-15-7-9-16(19)10-8-15/h7-10H,3-6,11-14H2,1-2H3,(H,20,21). The Morgan fingerprint density at radius 3 is 2.75 bits per heavy atom. The summed E-state index contributed by atoms with van der Waals surface area (Å²) in [6.45, 7) is 6.19. The molecule has 1 aliphatic heterocycles. The fourth-order valence-corrected chi connectivity index (χ4v) is 3.06. The van der Waals surface area contributed by atoms with Crippen LogP contribution in [0.4, 0.5) is 0 Å². The highest BCUT2D eigenvalue weighted by Gasteiger charge is 2.18. The monoisotopic (exact) mass is 394 g/mol. The summed E-state index contributed by atoms with van der Waals surface area (Å²) in [4.78, 5) is 20.4. The molecule has 0 aromatic heterocycles. The average molecular weight is 395 g/mol. The first kappa shape index (κ1) is 18.8. The zero-order chi connectivity index (χ0) is 17.4. The Labute approximate surface area is 153 Å². The molecule has 132 valence electrons. The van der Waals surface area contributed by atoms with E-state index in [9.17, 15) is 4.79 Å². The average Bonchev–Trinajstić information content (AvgIpc) is 2.97. The van der Waals surface area contributed by atoms with E-state index in [4.69, 9.17) is 4.99 Å². The Hall–Kier alpha value is -1.56. The third kappa shape index (κ3) is 5.82. The molecule has 1 heterocycles. The van der Waals surface area contributed by atoms with Gasteiger partial charge in [-0.15, -0.1) is 0 Å². The molecule has 1 fully saturated rings. The van der Waals surface area contributed by atoms with E-state index in [0.717, 1.165) is 56.0 Å². The van der Waals surface area contributed by atoms with Gasteiger partial charge in [-0.1, -0.05) is 28.1 Å². The number of guanidine groups is 1. The number of nitrogens with one attached hydrogen (secondary N) is 1. The maximum atomic E-state index is 11.6. The lowest BCUT2D eigenvalue weighted by atomic mass is 10.2. The van der Waals surface area contributed by atoms with E-state index in [2.05, 4.69) is 57.3 Å². The lowest BCUT2D eigenvalue weighted by Gasteiger charge is -2.22. The minimum Gasteiger partial charge on any atom is -0.357 e. The quantitative estimate of drug-likeness (QED) is 0.439. The Bertz CT molecular complexity index is 559. The smallest absolute Gasteiger partial charge is 0.222 e. The molecule has 5 nitrogen and oxygen atoms in total. The van der Waals surface area contributed by atoms with Crippen LogP contribution in [0.3, 0.4) is 0 Å². The van der Waals surface area contributed by atoms with Crippen molar-refractivity contribution < 1.29 is 4.79 Å². The first-order valence-electron chi connectivity index (χ1n) is 8.62. The van der Waals surface area contributed by atoms with Gasteiger partial charge in [0.25, 0.3) is 0 Å². The van der Waals surface area contributed by atoms with Crippen molar-refractivity contribution in [3.8, 4) is 0 Å². The summed E-state index contributed by atoms with van der Waals surface area (Å²) in [7, 11) is 2.05. The third-order valence-electron chi connectivity index (χ3n) is 4.05. The van der Waals surface area contributed by atoms with Crippen molar-refractivity contribution in [2.24, 2.45) is 4.99 Å². The van der Waals surface area contributed by atoms with E-state index >= 15 is 0 Å². The van der Waals surface area contributed by atoms with Crippen LogP contribution in [0.5, 0.6) is 0 Å². The number of amides is 1. The van der Waals surface area contributed by atoms with Gasteiger partial charge < -0.3 is 15.1 Å². The minimum absolute atomic E-state index is 0.290. The summed E-state index contributed by atoms with van der Waals surface area (Å²) in [5.41, 5.74) is 1.24. The first-order valence-corrected chi connectivity index (χ1v) is 9.41.